The topological polar surface area (TPSA) is 61.7 Å². The van der Waals surface area contributed by atoms with Crippen LogP contribution in [0.5, 0.6) is 0 Å². The summed E-state index contributed by atoms with van der Waals surface area (Å²) in [5, 5.41) is 9.75. The molecule has 0 saturated carbocycles. The summed E-state index contributed by atoms with van der Waals surface area (Å²) in [5.41, 5.74) is 0. The fraction of sp³-hybridized carbons (Fsp3) is 0. The molecule has 0 unspecified atom stereocenters. The third-order valence-electron chi connectivity index (χ3n) is 0.0304. The van der Waals surface area contributed by atoms with E-state index in [-0.39, 0.29) is 22.4 Å². The van der Waals surface area contributed by atoms with E-state index in [1.807, 2.05) is 0 Å². The second-order valence-electron chi connectivity index (χ2n) is 0.149. The quantitative estimate of drug-likeness (QED) is 0.218. The summed E-state index contributed by atoms with van der Waals surface area (Å²) in [5.74, 6) is 0. The SMILES string of the molecule is O=NO[O-].[Ag+]. The predicted molar refractivity (Wildman–Crippen MR) is 6.88 cm³/mol. The number of hydrogen-bond acceptors (Lipinski definition) is 4. The van der Waals surface area contributed by atoms with Gasteiger partial charge in [0.25, 0.3) is 0 Å². The molecule has 0 atom stereocenters. The van der Waals surface area contributed by atoms with Crippen LogP contribution in [0.15, 0.2) is 5.34 Å². The van der Waals surface area contributed by atoms with Gasteiger partial charge in [0.1, 0.15) is 5.34 Å². The molecule has 0 aromatic carbocycles. The normalized spacial score (nSPS) is 4.20. The van der Waals surface area contributed by atoms with Crippen molar-refractivity contribution in [2.24, 2.45) is 5.34 Å². The average Bonchev–Trinajstić information content (AvgIpc) is 1.37. The Kier molecular flexibility index (Phi) is 15.9. The van der Waals surface area contributed by atoms with E-state index in [1.165, 1.54) is 5.34 Å². The molecule has 0 aromatic heterocycles. The van der Waals surface area contributed by atoms with Crippen molar-refractivity contribution < 1.29 is 32.6 Å². The van der Waals surface area contributed by atoms with Crippen LogP contribution >= 0.6 is 0 Å². The summed E-state index contributed by atoms with van der Waals surface area (Å²) in [4.78, 5) is 10.8. The molecule has 0 rings (SSSR count). The van der Waals surface area contributed by atoms with Crippen molar-refractivity contribution >= 4 is 0 Å². The molecule has 0 N–H and O–H groups in total. The second kappa shape index (κ2) is 8.93. The van der Waals surface area contributed by atoms with Crippen LogP contribution in [0.4, 0.5) is 0 Å². The van der Waals surface area contributed by atoms with E-state index < -0.39 is 0 Å². The summed E-state index contributed by atoms with van der Waals surface area (Å²) in [7, 11) is 0. The number of hydrogen-bond donors (Lipinski definition) is 0. The van der Waals surface area contributed by atoms with Gasteiger partial charge >= 0.3 is 22.4 Å². The average molecular weight is 170 g/mol. The fourth-order valence-electron chi connectivity index (χ4n) is 0. The minimum atomic E-state index is 0. The van der Waals surface area contributed by atoms with Crippen molar-refractivity contribution in [3.8, 4) is 0 Å². The Balaban J connectivity index is 0. The molecule has 0 aliphatic rings. The van der Waals surface area contributed by atoms with Crippen LogP contribution in [0, 0.1) is 4.91 Å². The molecule has 0 aliphatic heterocycles. The monoisotopic (exact) mass is 169 g/mol. The van der Waals surface area contributed by atoms with Crippen molar-refractivity contribution in [1.82, 2.24) is 0 Å². The molecule has 0 aliphatic carbocycles. The van der Waals surface area contributed by atoms with E-state index in [2.05, 4.69) is 4.99 Å². The standard InChI is InChI=1S/Ag.HNO3/c;2-1-4-3/h;3H/q+1;/p-1. The third-order valence-corrected chi connectivity index (χ3v) is 0.0304. The molecule has 0 fully saturated rings. The molecule has 0 saturated heterocycles. The smallest absolute Gasteiger partial charge is 0.635 e. The first-order valence-corrected chi connectivity index (χ1v) is 0.532. The van der Waals surface area contributed by atoms with E-state index in [4.69, 9.17) is 10.2 Å². The summed E-state index contributed by atoms with van der Waals surface area (Å²) >= 11 is 0. The van der Waals surface area contributed by atoms with E-state index in [1.54, 1.807) is 0 Å². The minimum absolute atomic E-state index is 0. The molecule has 0 radical (unpaired) electrons. The Hall–Kier alpha value is 0.100. The molecule has 0 bridgehead atoms. The molecule has 0 spiro atoms. The molecular weight excluding hydrogens is 170 g/mol. The Labute approximate surface area is 43.5 Å². The number of nitrogens with zero attached hydrogens (tertiary/aromatic N) is 1. The van der Waals surface area contributed by atoms with Crippen LogP contribution in [0.25, 0.3) is 0 Å². The molecular formula is AgNO3. The maximum Gasteiger partial charge on any atom is 1.00 e. The largest absolute Gasteiger partial charge is 1.00 e. The van der Waals surface area contributed by atoms with Gasteiger partial charge < -0.3 is 10.2 Å². The van der Waals surface area contributed by atoms with Gasteiger partial charge in [-0.25, -0.2) is 0 Å². The third kappa shape index (κ3) is 14.9. The maximum atomic E-state index is 8.39. The van der Waals surface area contributed by atoms with Gasteiger partial charge in [-0.15, -0.1) is 4.91 Å². The van der Waals surface area contributed by atoms with Crippen LogP contribution < -0.4 is 5.26 Å². The van der Waals surface area contributed by atoms with Crippen LogP contribution in [-0.4, -0.2) is 0 Å². The van der Waals surface area contributed by atoms with Crippen LogP contribution in [0.1, 0.15) is 0 Å². The Bertz CT molecular complexity index is 20.9. The molecule has 5 heavy (non-hydrogen) atoms. The van der Waals surface area contributed by atoms with Crippen molar-refractivity contribution in [3.63, 3.8) is 0 Å². The zero-order valence-electron chi connectivity index (χ0n) is 1.97. The summed E-state index contributed by atoms with van der Waals surface area (Å²) < 4.78 is 0. The summed E-state index contributed by atoms with van der Waals surface area (Å²) in [6.07, 6.45) is 0. The van der Waals surface area contributed by atoms with E-state index >= 15 is 0 Å². The molecule has 0 aromatic rings. The van der Waals surface area contributed by atoms with E-state index in [0.29, 0.717) is 0 Å². The zero-order valence-corrected chi connectivity index (χ0v) is 3.46. The van der Waals surface area contributed by atoms with Gasteiger partial charge in [0.05, 0.1) is 0 Å². The molecule has 4 nitrogen and oxygen atoms in total. The van der Waals surface area contributed by atoms with Crippen LogP contribution in [-0.2, 0) is 27.4 Å². The van der Waals surface area contributed by atoms with Gasteiger partial charge in [0, 0.05) is 0 Å². The van der Waals surface area contributed by atoms with Gasteiger partial charge in [-0.05, 0) is 0 Å². The van der Waals surface area contributed by atoms with Gasteiger partial charge in [-0.3, -0.25) is 0 Å². The van der Waals surface area contributed by atoms with Gasteiger partial charge in [-0.2, -0.15) is 0 Å². The van der Waals surface area contributed by atoms with Gasteiger partial charge in [0.2, 0.25) is 0 Å². The first kappa shape index (κ1) is 8.92. The number of rotatable bonds is 1. The van der Waals surface area contributed by atoms with Crippen LogP contribution in [0.3, 0.4) is 0 Å². The second-order valence-corrected chi connectivity index (χ2v) is 0.149. The Morgan fingerprint density at radius 2 is 2.00 bits per heavy atom. The Morgan fingerprint density at radius 3 is 2.00 bits per heavy atom. The van der Waals surface area contributed by atoms with Crippen molar-refractivity contribution in [3.05, 3.63) is 4.91 Å². The summed E-state index contributed by atoms with van der Waals surface area (Å²) in [6, 6.07) is 0. The molecule has 0 heterocycles. The predicted octanol–water partition coefficient (Wildman–Crippen LogP) is -1.04. The van der Waals surface area contributed by atoms with Crippen molar-refractivity contribution in [2.75, 3.05) is 0 Å². The molecule has 0 amide bonds. The van der Waals surface area contributed by atoms with Gasteiger partial charge in [0.15, 0.2) is 0 Å². The van der Waals surface area contributed by atoms with Crippen molar-refractivity contribution in [1.29, 1.82) is 0 Å². The van der Waals surface area contributed by atoms with E-state index in [0.717, 1.165) is 0 Å². The Morgan fingerprint density at radius 1 is 1.80 bits per heavy atom. The van der Waals surface area contributed by atoms with Crippen molar-refractivity contribution in [2.45, 2.75) is 0 Å². The first-order valence-electron chi connectivity index (χ1n) is 0.532. The van der Waals surface area contributed by atoms with Gasteiger partial charge in [-0.1, -0.05) is 0 Å². The molecule has 34 valence electrons. The molecule has 5 heteroatoms. The summed E-state index contributed by atoms with van der Waals surface area (Å²) in [6.45, 7) is 0. The minimum Gasteiger partial charge on any atom is -0.635 e. The first-order chi connectivity index (χ1) is 1.91. The van der Waals surface area contributed by atoms with Crippen LogP contribution in [0.2, 0.25) is 0 Å². The zero-order chi connectivity index (χ0) is 3.41. The fourth-order valence-corrected chi connectivity index (χ4v) is 0. The van der Waals surface area contributed by atoms with E-state index in [9.17, 15) is 0 Å². The maximum absolute atomic E-state index is 8.39.